The Balaban J connectivity index is 1.46. The summed E-state index contributed by atoms with van der Waals surface area (Å²) in [5, 5.41) is 11.4. The first-order chi connectivity index (χ1) is 21.8. The highest BCUT2D eigenvalue weighted by molar-refractivity contribution is 6.32. The number of ketones is 2. The minimum absolute atomic E-state index is 0.00175. The predicted octanol–water partition coefficient (Wildman–Crippen LogP) is 8.85. The second-order valence-corrected chi connectivity index (χ2v) is 15.4. The van der Waals surface area contributed by atoms with E-state index in [4.69, 9.17) is 21.1 Å². The van der Waals surface area contributed by atoms with Crippen molar-refractivity contribution in [2.24, 2.45) is 10.8 Å². The van der Waals surface area contributed by atoms with Gasteiger partial charge in [0.15, 0.2) is 23.1 Å². The van der Waals surface area contributed by atoms with E-state index in [9.17, 15) is 19.7 Å². The molecule has 0 bridgehead atoms. The van der Waals surface area contributed by atoms with Gasteiger partial charge in [-0.3, -0.25) is 19.7 Å². The van der Waals surface area contributed by atoms with Crippen LogP contribution in [-0.4, -0.2) is 34.5 Å². The number of carbonyl (C=O) groups excluding carboxylic acids is 2. The number of methoxy groups -OCH3 is 1. The lowest BCUT2D eigenvalue weighted by Gasteiger charge is -2.52. The molecule has 4 aliphatic rings. The fourth-order valence-electron chi connectivity index (χ4n) is 8.03. The zero-order valence-corrected chi connectivity index (χ0v) is 28.2. The van der Waals surface area contributed by atoms with Gasteiger partial charge in [-0.1, -0.05) is 58.6 Å². The van der Waals surface area contributed by atoms with Gasteiger partial charge in [-0.25, -0.2) is 0 Å². The number of rotatable bonds is 7. The van der Waals surface area contributed by atoms with Gasteiger partial charge in [0.2, 0.25) is 0 Å². The quantitative estimate of drug-likeness (QED) is 0.219. The second kappa shape index (κ2) is 12.2. The highest BCUT2D eigenvalue weighted by Crippen LogP contribution is 2.56. The molecule has 9 heteroatoms. The highest BCUT2D eigenvalue weighted by atomic mass is 35.5. The first kappa shape index (κ1) is 32.3. The number of Topliss-reactive ketones (excluding diaryl/α,β-unsaturated/α-hetero) is 2. The average Bonchev–Trinajstić information content (AvgIpc) is 2.98. The Morgan fingerprint density at radius 1 is 0.891 bits per heavy atom. The fraction of sp³-hybridized carbons (Fsp3) is 0.514. The van der Waals surface area contributed by atoms with Crippen molar-refractivity contribution in [3.63, 3.8) is 0 Å². The number of non-ortho nitro benzene ring substituents is 1. The molecule has 0 amide bonds. The van der Waals surface area contributed by atoms with Gasteiger partial charge in [0, 0.05) is 59.5 Å². The highest BCUT2D eigenvalue weighted by Gasteiger charge is 2.50. The van der Waals surface area contributed by atoms with Crippen molar-refractivity contribution in [1.82, 2.24) is 4.90 Å². The summed E-state index contributed by atoms with van der Waals surface area (Å²) >= 11 is 6.92. The zero-order valence-electron chi connectivity index (χ0n) is 27.4. The number of halogens is 1. The summed E-state index contributed by atoms with van der Waals surface area (Å²) in [6, 6.07) is 10.1. The Morgan fingerprint density at radius 3 is 1.98 bits per heavy atom. The summed E-state index contributed by atoms with van der Waals surface area (Å²) in [4.78, 5) is 41.6. The van der Waals surface area contributed by atoms with Crippen LogP contribution in [0.15, 0.2) is 58.9 Å². The molecule has 1 fully saturated rings. The molecule has 0 atom stereocenters. The number of nitro benzene ring substituents is 1. The van der Waals surface area contributed by atoms with Crippen molar-refractivity contribution in [1.29, 1.82) is 0 Å². The van der Waals surface area contributed by atoms with Gasteiger partial charge < -0.3 is 14.4 Å². The van der Waals surface area contributed by atoms with Gasteiger partial charge >= 0.3 is 0 Å². The molecule has 1 heterocycles. The van der Waals surface area contributed by atoms with Crippen LogP contribution in [0.5, 0.6) is 11.5 Å². The fourth-order valence-corrected chi connectivity index (χ4v) is 8.30. The van der Waals surface area contributed by atoms with E-state index in [-0.39, 0.29) is 40.7 Å². The Morgan fingerprint density at radius 2 is 1.46 bits per heavy atom. The van der Waals surface area contributed by atoms with Crippen molar-refractivity contribution in [3.8, 4) is 11.5 Å². The topological polar surface area (TPSA) is 99.0 Å². The number of hydrogen-bond acceptors (Lipinski definition) is 7. The number of nitro groups is 1. The van der Waals surface area contributed by atoms with Gasteiger partial charge in [0.25, 0.3) is 5.69 Å². The molecular formula is C37H43ClN2O6. The van der Waals surface area contributed by atoms with Crippen LogP contribution in [0.3, 0.4) is 0 Å². The lowest BCUT2D eigenvalue weighted by Crippen LogP contribution is -2.48. The molecule has 0 spiro atoms. The van der Waals surface area contributed by atoms with E-state index in [2.05, 4.69) is 32.6 Å². The van der Waals surface area contributed by atoms with Crippen LogP contribution in [0.1, 0.15) is 103 Å². The number of allylic oxidation sites excluding steroid dienone is 4. The van der Waals surface area contributed by atoms with Crippen LogP contribution in [0.2, 0.25) is 5.02 Å². The molecule has 0 aromatic heterocycles. The van der Waals surface area contributed by atoms with Crippen molar-refractivity contribution in [3.05, 3.63) is 85.2 Å². The first-order valence-electron chi connectivity index (χ1n) is 16.3. The monoisotopic (exact) mass is 646 g/mol. The standard InChI is InChI=1S/C37H43ClN2O6/c1-36(2)17-27-33(29(41)19-36)32(34-28(18-37(3,4)20-30(34)42)39(27)24-9-7-6-8-10-24)23-15-26(38)35(31(16-23)45-5)46-21-22-11-13-25(14-12-22)40(43)44/h11-16,24,32H,6-10,17-21H2,1-5H3. The van der Waals surface area contributed by atoms with E-state index in [1.165, 1.54) is 25.7 Å². The van der Waals surface area contributed by atoms with Gasteiger partial charge in [0.1, 0.15) is 6.61 Å². The van der Waals surface area contributed by atoms with E-state index in [1.54, 1.807) is 12.1 Å². The number of nitrogens with zero attached hydrogens (tertiary/aromatic N) is 2. The lowest BCUT2D eigenvalue weighted by atomic mass is 9.63. The summed E-state index contributed by atoms with van der Waals surface area (Å²) < 4.78 is 11.9. The first-order valence-corrected chi connectivity index (χ1v) is 16.7. The summed E-state index contributed by atoms with van der Waals surface area (Å²) in [6.45, 7) is 8.79. The molecular weight excluding hydrogens is 604 g/mol. The molecule has 6 rings (SSSR count). The number of carbonyl (C=O) groups is 2. The maximum atomic E-state index is 14.2. The van der Waals surface area contributed by atoms with Crippen LogP contribution in [-0.2, 0) is 16.2 Å². The maximum Gasteiger partial charge on any atom is 0.269 e. The molecule has 1 saturated carbocycles. The van der Waals surface area contributed by atoms with E-state index in [0.29, 0.717) is 29.4 Å². The van der Waals surface area contributed by atoms with Crippen LogP contribution in [0.4, 0.5) is 5.69 Å². The maximum absolute atomic E-state index is 14.2. The molecule has 1 aliphatic heterocycles. The molecule has 244 valence electrons. The van der Waals surface area contributed by atoms with Gasteiger partial charge in [0.05, 0.1) is 17.1 Å². The number of hydrogen-bond donors (Lipinski definition) is 0. The molecule has 0 saturated heterocycles. The predicted molar refractivity (Wildman–Crippen MR) is 177 cm³/mol. The third kappa shape index (κ3) is 6.08. The average molecular weight is 647 g/mol. The molecule has 2 aromatic carbocycles. The molecule has 0 unspecified atom stereocenters. The minimum atomic E-state index is -0.535. The van der Waals surface area contributed by atoms with Gasteiger partial charge in [-0.15, -0.1) is 0 Å². The van der Waals surface area contributed by atoms with Crippen LogP contribution < -0.4 is 9.47 Å². The third-order valence-electron chi connectivity index (χ3n) is 10.0. The van der Waals surface area contributed by atoms with Crippen LogP contribution in [0, 0.1) is 20.9 Å². The number of benzene rings is 2. The van der Waals surface area contributed by atoms with Crippen molar-refractivity contribution in [2.75, 3.05) is 7.11 Å². The minimum Gasteiger partial charge on any atom is -0.493 e. The molecule has 0 N–H and O–H groups in total. The van der Waals surface area contributed by atoms with Crippen LogP contribution >= 0.6 is 11.6 Å². The second-order valence-electron chi connectivity index (χ2n) is 14.9. The van der Waals surface area contributed by atoms with Crippen LogP contribution in [0.25, 0.3) is 0 Å². The smallest absolute Gasteiger partial charge is 0.269 e. The summed E-state index contributed by atoms with van der Waals surface area (Å²) in [6.07, 6.45) is 8.02. The molecule has 8 nitrogen and oxygen atoms in total. The molecule has 2 aromatic rings. The van der Waals surface area contributed by atoms with E-state index in [1.807, 2.05) is 12.1 Å². The number of ether oxygens (including phenoxy) is 2. The largest absolute Gasteiger partial charge is 0.493 e. The summed E-state index contributed by atoms with van der Waals surface area (Å²) in [5.74, 6) is 0.383. The Labute approximate surface area is 275 Å². The molecule has 3 aliphatic carbocycles. The van der Waals surface area contributed by atoms with E-state index in [0.717, 1.165) is 72.2 Å². The lowest BCUT2D eigenvalue weighted by molar-refractivity contribution is -0.384. The Hall–Kier alpha value is -3.65. The summed E-state index contributed by atoms with van der Waals surface area (Å²) in [5.41, 5.74) is 4.72. The van der Waals surface area contributed by atoms with Gasteiger partial charge in [-0.05, 0) is 71.9 Å². The molecule has 46 heavy (non-hydrogen) atoms. The van der Waals surface area contributed by atoms with Crippen molar-refractivity contribution >= 4 is 28.9 Å². The third-order valence-corrected chi connectivity index (χ3v) is 10.3. The normalized spacial score (nSPS) is 21.7. The zero-order chi connectivity index (χ0) is 33.0. The Bertz CT molecular complexity index is 1590. The van der Waals surface area contributed by atoms with E-state index >= 15 is 0 Å². The SMILES string of the molecule is COc1cc(C2C3=C(CC(C)(C)CC3=O)N(C3CCCCC3)C3=C2C(=O)CC(C)(C)C3)cc(Cl)c1OCc1ccc([N+](=O)[O-])cc1. The van der Waals surface area contributed by atoms with Gasteiger partial charge in [-0.2, -0.15) is 0 Å². The molecule has 0 radical (unpaired) electrons. The van der Waals surface area contributed by atoms with Crippen molar-refractivity contribution in [2.45, 2.75) is 104 Å². The Kier molecular flexibility index (Phi) is 8.55. The van der Waals surface area contributed by atoms with Crippen molar-refractivity contribution < 1.29 is 24.0 Å². The van der Waals surface area contributed by atoms with E-state index < -0.39 is 10.8 Å². The summed E-state index contributed by atoms with van der Waals surface area (Å²) in [7, 11) is 1.54.